The molecular weight excluding hydrogens is 190 g/mol. The van der Waals surface area contributed by atoms with Gasteiger partial charge in [-0.15, -0.1) is 0 Å². The predicted molar refractivity (Wildman–Crippen MR) is 61.8 cm³/mol. The average molecular weight is 213 g/mol. The summed E-state index contributed by atoms with van der Waals surface area (Å²) >= 11 is 0. The Morgan fingerprint density at radius 1 is 1.53 bits per heavy atom. The van der Waals surface area contributed by atoms with Gasteiger partial charge in [-0.25, -0.2) is 0 Å². The van der Waals surface area contributed by atoms with Crippen molar-refractivity contribution in [2.75, 3.05) is 33.2 Å². The molecule has 0 saturated carbocycles. The van der Waals surface area contributed by atoms with Gasteiger partial charge in [-0.2, -0.15) is 0 Å². The summed E-state index contributed by atoms with van der Waals surface area (Å²) < 4.78 is 0. The van der Waals surface area contributed by atoms with Gasteiger partial charge in [0.25, 0.3) is 0 Å². The van der Waals surface area contributed by atoms with E-state index in [1.807, 2.05) is 20.8 Å². The molecule has 1 amide bonds. The summed E-state index contributed by atoms with van der Waals surface area (Å²) in [7, 11) is 2.11. The van der Waals surface area contributed by atoms with Crippen LogP contribution in [0.4, 0.5) is 0 Å². The SMILES string of the molecule is CN1CCNC(CNC(=O)C(C)(C)C)C1. The van der Waals surface area contributed by atoms with Crippen LogP contribution in [0.2, 0.25) is 0 Å². The fourth-order valence-electron chi connectivity index (χ4n) is 1.61. The van der Waals surface area contributed by atoms with Gasteiger partial charge in [0.15, 0.2) is 0 Å². The van der Waals surface area contributed by atoms with Crippen LogP contribution in [0.3, 0.4) is 0 Å². The Bertz CT molecular complexity index is 222. The van der Waals surface area contributed by atoms with Crippen molar-refractivity contribution in [2.45, 2.75) is 26.8 Å². The smallest absolute Gasteiger partial charge is 0.225 e. The van der Waals surface area contributed by atoms with Crippen LogP contribution < -0.4 is 10.6 Å². The quantitative estimate of drug-likeness (QED) is 0.681. The van der Waals surface area contributed by atoms with E-state index >= 15 is 0 Å². The van der Waals surface area contributed by atoms with Crippen LogP contribution in [0.1, 0.15) is 20.8 Å². The Kier molecular flexibility index (Phi) is 4.11. The van der Waals surface area contributed by atoms with Crippen molar-refractivity contribution >= 4 is 5.91 Å². The lowest BCUT2D eigenvalue weighted by Gasteiger charge is -2.31. The lowest BCUT2D eigenvalue weighted by atomic mass is 9.95. The molecule has 0 bridgehead atoms. The van der Waals surface area contributed by atoms with Gasteiger partial charge in [-0.3, -0.25) is 4.79 Å². The second-order valence-electron chi connectivity index (χ2n) is 5.37. The number of nitrogens with zero attached hydrogens (tertiary/aromatic N) is 1. The first-order chi connectivity index (χ1) is 6.89. The van der Waals surface area contributed by atoms with Gasteiger partial charge >= 0.3 is 0 Å². The number of carbonyl (C=O) groups excluding carboxylic acids is 1. The van der Waals surface area contributed by atoms with E-state index < -0.39 is 0 Å². The molecule has 4 nitrogen and oxygen atoms in total. The van der Waals surface area contributed by atoms with Crippen LogP contribution in [0, 0.1) is 5.41 Å². The average Bonchev–Trinajstić information content (AvgIpc) is 2.12. The highest BCUT2D eigenvalue weighted by atomic mass is 16.2. The second-order valence-corrected chi connectivity index (χ2v) is 5.37. The molecule has 2 N–H and O–H groups in total. The first-order valence-electron chi connectivity index (χ1n) is 5.60. The molecule has 1 atom stereocenters. The number of piperazine rings is 1. The first-order valence-corrected chi connectivity index (χ1v) is 5.60. The van der Waals surface area contributed by atoms with Gasteiger partial charge in [-0.05, 0) is 7.05 Å². The van der Waals surface area contributed by atoms with E-state index in [9.17, 15) is 4.79 Å². The molecule has 0 spiro atoms. The van der Waals surface area contributed by atoms with Crippen LogP contribution in [-0.4, -0.2) is 50.1 Å². The summed E-state index contributed by atoms with van der Waals surface area (Å²) in [5.74, 6) is 0.123. The Hall–Kier alpha value is -0.610. The summed E-state index contributed by atoms with van der Waals surface area (Å²) in [5, 5.41) is 6.38. The second kappa shape index (κ2) is 4.94. The highest BCUT2D eigenvalue weighted by Gasteiger charge is 2.23. The van der Waals surface area contributed by atoms with Crippen LogP contribution in [-0.2, 0) is 4.79 Å². The monoisotopic (exact) mass is 213 g/mol. The minimum absolute atomic E-state index is 0.123. The van der Waals surface area contributed by atoms with Crippen LogP contribution in [0.15, 0.2) is 0 Å². The number of hydrogen-bond acceptors (Lipinski definition) is 3. The standard InChI is InChI=1S/C11H23N3O/c1-11(2,3)10(15)13-7-9-8-14(4)6-5-12-9/h9,12H,5-8H2,1-4H3,(H,13,15). The third-order valence-electron chi connectivity index (χ3n) is 2.65. The number of rotatable bonds is 2. The summed E-state index contributed by atoms with van der Waals surface area (Å²) in [6.07, 6.45) is 0. The van der Waals surface area contributed by atoms with Crippen LogP contribution in [0.5, 0.6) is 0 Å². The highest BCUT2D eigenvalue weighted by molar-refractivity contribution is 5.81. The summed E-state index contributed by atoms with van der Waals surface area (Å²) in [4.78, 5) is 13.9. The van der Waals surface area contributed by atoms with Crippen molar-refractivity contribution in [3.05, 3.63) is 0 Å². The summed E-state index contributed by atoms with van der Waals surface area (Å²) in [6, 6.07) is 0.384. The molecule has 1 heterocycles. The lowest BCUT2D eigenvalue weighted by molar-refractivity contribution is -0.128. The maximum Gasteiger partial charge on any atom is 0.225 e. The third kappa shape index (κ3) is 4.18. The van der Waals surface area contributed by atoms with Crippen LogP contribution >= 0.6 is 0 Å². The fourth-order valence-corrected chi connectivity index (χ4v) is 1.61. The Morgan fingerprint density at radius 2 is 2.20 bits per heavy atom. The third-order valence-corrected chi connectivity index (χ3v) is 2.65. The van der Waals surface area contributed by atoms with Crippen LogP contribution in [0.25, 0.3) is 0 Å². The minimum Gasteiger partial charge on any atom is -0.354 e. The summed E-state index contributed by atoms with van der Waals surface area (Å²) in [5.41, 5.74) is -0.291. The van der Waals surface area contributed by atoms with Gasteiger partial charge in [0.1, 0.15) is 0 Å². The van der Waals surface area contributed by atoms with E-state index in [0.717, 1.165) is 26.2 Å². The normalized spacial score (nSPS) is 23.9. The Morgan fingerprint density at radius 3 is 2.73 bits per heavy atom. The van der Waals surface area contributed by atoms with E-state index in [2.05, 4.69) is 22.6 Å². The number of carbonyl (C=O) groups is 1. The van der Waals surface area contributed by atoms with E-state index in [1.54, 1.807) is 0 Å². The maximum absolute atomic E-state index is 11.6. The molecule has 0 aromatic carbocycles. The van der Waals surface area contributed by atoms with Crippen molar-refractivity contribution in [1.82, 2.24) is 15.5 Å². The zero-order chi connectivity index (χ0) is 11.5. The molecule has 0 aromatic rings. The summed E-state index contributed by atoms with van der Waals surface area (Å²) in [6.45, 7) is 9.62. The molecular formula is C11H23N3O. The molecule has 1 aliphatic heterocycles. The molecule has 1 rings (SSSR count). The van der Waals surface area contributed by atoms with Crippen molar-refractivity contribution in [1.29, 1.82) is 0 Å². The van der Waals surface area contributed by atoms with E-state index in [0.29, 0.717) is 6.04 Å². The van der Waals surface area contributed by atoms with E-state index in [-0.39, 0.29) is 11.3 Å². The number of nitrogens with one attached hydrogen (secondary N) is 2. The van der Waals surface area contributed by atoms with Gasteiger partial charge in [-0.1, -0.05) is 20.8 Å². The molecule has 1 unspecified atom stereocenters. The highest BCUT2D eigenvalue weighted by Crippen LogP contribution is 2.12. The van der Waals surface area contributed by atoms with Gasteiger partial charge in [0, 0.05) is 37.6 Å². The van der Waals surface area contributed by atoms with Gasteiger partial charge in [0.05, 0.1) is 0 Å². The van der Waals surface area contributed by atoms with Gasteiger partial charge < -0.3 is 15.5 Å². The molecule has 0 aliphatic carbocycles. The van der Waals surface area contributed by atoms with Gasteiger partial charge in [0.2, 0.25) is 5.91 Å². The van der Waals surface area contributed by atoms with E-state index in [1.165, 1.54) is 0 Å². The van der Waals surface area contributed by atoms with E-state index in [4.69, 9.17) is 0 Å². The van der Waals surface area contributed by atoms with Crippen molar-refractivity contribution in [3.8, 4) is 0 Å². The molecule has 0 aromatic heterocycles. The lowest BCUT2D eigenvalue weighted by Crippen LogP contribution is -2.54. The van der Waals surface area contributed by atoms with Crippen molar-refractivity contribution in [2.24, 2.45) is 5.41 Å². The zero-order valence-electron chi connectivity index (χ0n) is 10.3. The topological polar surface area (TPSA) is 44.4 Å². The van der Waals surface area contributed by atoms with Crippen molar-refractivity contribution < 1.29 is 4.79 Å². The fraction of sp³-hybridized carbons (Fsp3) is 0.909. The molecule has 1 saturated heterocycles. The molecule has 4 heteroatoms. The molecule has 0 radical (unpaired) electrons. The molecule has 15 heavy (non-hydrogen) atoms. The molecule has 1 aliphatic rings. The Labute approximate surface area is 92.4 Å². The van der Waals surface area contributed by atoms with Crippen molar-refractivity contribution in [3.63, 3.8) is 0 Å². The zero-order valence-corrected chi connectivity index (χ0v) is 10.3. The molecule has 88 valence electrons. The largest absolute Gasteiger partial charge is 0.354 e. The Balaban J connectivity index is 2.28. The number of hydrogen-bond donors (Lipinski definition) is 2. The predicted octanol–water partition coefficient (Wildman–Crippen LogP) is 0.0523. The minimum atomic E-state index is -0.291. The maximum atomic E-state index is 11.6. The number of amides is 1. The molecule has 1 fully saturated rings. The number of likely N-dealkylation sites (N-methyl/N-ethyl adjacent to an activating group) is 1. The first kappa shape index (κ1) is 12.5.